The van der Waals surface area contributed by atoms with E-state index >= 15 is 0 Å². The monoisotopic (exact) mass is 538 g/mol. The topological polar surface area (TPSA) is 69.5 Å². The zero-order valence-electron chi connectivity index (χ0n) is 21.5. The van der Waals surface area contributed by atoms with E-state index in [1.54, 1.807) is 0 Å². The van der Waals surface area contributed by atoms with E-state index in [4.69, 9.17) is 38.2 Å². The zero-order valence-corrected chi connectivity index (χ0v) is 23.1. The average Bonchev–Trinajstić information content (AvgIpc) is 3.37. The van der Waals surface area contributed by atoms with Gasteiger partial charge in [-0.05, 0) is 93.6 Å². The summed E-state index contributed by atoms with van der Waals surface area (Å²) in [5, 5.41) is 7.63. The van der Waals surface area contributed by atoms with Gasteiger partial charge in [-0.3, -0.25) is 0 Å². The van der Waals surface area contributed by atoms with Crippen molar-refractivity contribution in [3.63, 3.8) is 0 Å². The van der Waals surface area contributed by atoms with Crippen LogP contribution >= 0.6 is 23.8 Å². The molecule has 0 amide bonds. The van der Waals surface area contributed by atoms with Crippen molar-refractivity contribution < 1.29 is 4.42 Å². The number of piperidine rings is 2. The van der Waals surface area contributed by atoms with Gasteiger partial charge in [0.15, 0.2) is 5.11 Å². The summed E-state index contributed by atoms with van der Waals surface area (Å²) in [7, 11) is 0. The second-order valence-corrected chi connectivity index (χ2v) is 11.1. The SMILES string of the molecule is C[C@@H]1CCCN(c2cc(N3CCCC[C@H]3C)nc(NC(=S)NCc3ccc(-c4ccc(Cl)cc4)o3)n2)C1. The van der Waals surface area contributed by atoms with E-state index in [0.29, 0.717) is 34.6 Å². The number of aromatic nitrogens is 2. The number of hydrogen-bond acceptors (Lipinski definition) is 6. The standard InChI is InChI=1S/C28H35ClN6OS/c1-19-6-5-14-34(18-19)25-16-26(35-15-4-3-7-20(35)2)32-27(31-25)33-28(37)30-17-23-12-13-24(36-23)21-8-10-22(29)11-9-21/h8-13,16,19-20H,3-7,14-15,17-18H2,1-2H3,(H2,30,31,32,33,37)/t19-,20-/m1/s1. The Bertz CT molecular complexity index is 1220. The van der Waals surface area contributed by atoms with Crippen molar-refractivity contribution >= 4 is 46.5 Å². The lowest BCUT2D eigenvalue weighted by Crippen LogP contribution is -2.39. The van der Waals surface area contributed by atoms with Crippen molar-refractivity contribution in [1.29, 1.82) is 0 Å². The summed E-state index contributed by atoms with van der Waals surface area (Å²) in [6.45, 7) is 8.11. The predicted molar refractivity (Wildman–Crippen MR) is 156 cm³/mol. The molecule has 3 aromatic rings. The van der Waals surface area contributed by atoms with E-state index in [2.05, 4.69) is 40.3 Å². The molecule has 0 saturated carbocycles. The van der Waals surface area contributed by atoms with Gasteiger partial charge < -0.3 is 24.9 Å². The summed E-state index contributed by atoms with van der Waals surface area (Å²) in [4.78, 5) is 14.5. The zero-order chi connectivity index (χ0) is 25.8. The van der Waals surface area contributed by atoms with Gasteiger partial charge >= 0.3 is 0 Å². The molecular formula is C28H35ClN6OS. The molecule has 9 heteroatoms. The number of rotatable bonds is 6. The lowest BCUT2D eigenvalue weighted by Gasteiger charge is -2.36. The molecule has 0 radical (unpaired) electrons. The first-order chi connectivity index (χ1) is 17.9. The maximum atomic E-state index is 6.00. The lowest BCUT2D eigenvalue weighted by atomic mass is 10.0. The van der Waals surface area contributed by atoms with Crippen molar-refractivity contribution in [3.05, 3.63) is 53.2 Å². The van der Waals surface area contributed by atoms with Crippen LogP contribution in [0, 0.1) is 5.92 Å². The third kappa shape index (κ3) is 6.54. The van der Waals surface area contributed by atoms with Crippen LogP contribution < -0.4 is 20.4 Å². The normalized spacial score (nSPS) is 20.1. The number of halogens is 1. The molecule has 2 fully saturated rings. The summed E-state index contributed by atoms with van der Waals surface area (Å²) in [5.74, 6) is 4.71. The predicted octanol–water partition coefficient (Wildman–Crippen LogP) is 6.49. The van der Waals surface area contributed by atoms with Gasteiger partial charge in [0, 0.05) is 42.3 Å². The van der Waals surface area contributed by atoms with E-state index in [9.17, 15) is 0 Å². The second kappa shape index (κ2) is 11.7. The summed E-state index contributed by atoms with van der Waals surface area (Å²) >= 11 is 11.6. The van der Waals surface area contributed by atoms with E-state index in [1.807, 2.05) is 36.4 Å². The van der Waals surface area contributed by atoms with Gasteiger partial charge in [-0.15, -0.1) is 0 Å². The minimum atomic E-state index is 0.457. The van der Waals surface area contributed by atoms with Crippen LogP contribution in [0.3, 0.4) is 0 Å². The van der Waals surface area contributed by atoms with Gasteiger partial charge in [0.2, 0.25) is 5.95 Å². The van der Waals surface area contributed by atoms with Gasteiger partial charge in [-0.25, -0.2) is 0 Å². The Balaban J connectivity index is 1.28. The van der Waals surface area contributed by atoms with Crippen molar-refractivity contribution in [1.82, 2.24) is 15.3 Å². The Labute approximate surface area is 229 Å². The molecular weight excluding hydrogens is 504 g/mol. The highest BCUT2D eigenvalue weighted by atomic mass is 35.5. The summed E-state index contributed by atoms with van der Waals surface area (Å²) in [5.41, 5.74) is 0.980. The fourth-order valence-corrected chi connectivity index (χ4v) is 5.47. The molecule has 5 rings (SSSR count). The highest BCUT2D eigenvalue weighted by Crippen LogP contribution is 2.29. The fraction of sp³-hybridized carbons (Fsp3) is 0.464. The van der Waals surface area contributed by atoms with Gasteiger partial charge in [-0.2, -0.15) is 9.97 Å². The molecule has 0 bridgehead atoms. The van der Waals surface area contributed by atoms with Crippen molar-refractivity contribution in [2.24, 2.45) is 5.92 Å². The first-order valence-corrected chi connectivity index (χ1v) is 14.0. The van der Waals surface area contributed by atoms with Crippen LogP contribution in [0.25, 0.3) is 11.3 Å². The number of anilines is 3. The second-order valence-electron chi connectivity index (χ2n) is 10.2. The maximum absolute atomic E-state index is 6.00. The van der Waals surface area contributed by atoms with Crippen molar-refractivity contribution in [2.45, 2.75) is 58.5 Å². The van der Waals surface area contributed by atoms with Crippen LogP contribution in [0.4, 0.5) is 17.6 Å². The summed E-state index contributed by atoms with van der Waals surface area (Å²) < 4.78 is 5.99. The van der Waals surface area contributed by atoms with E-state index < -0.39 is 0 Å². The van der Waals surface area contributed by atoms with Crippen LogP contribution in [0.15, 0.2) is 46.9 Å². The highest BCUT2D eigenvalue weighted by molar-refractivity contribution is 7.80. The molecule has 2 N–H and O–H groups in total. The number of benzene rings is 1. The lowest BCUT2D eigenvalue weighted by molar-refractivity contribution is 0.444. The molecule has 2 aliphatic rings. The third-order valence-corrected chi connectivity index (χ3v) is 7.71. The molecule has 0 unspecified atom stereocenters. The Hall–Kier alpha value is -2.84. The van der Waals surface area contributed by atoms with Crippen LogP contribution in [-0.2, 0) is 6.54 Å². The Morgan fingerprint density at radius 1 is 1.03 bits per heavy atom. The number of hydrogen-bond donors (Lipinski definition) is 2. The van der Waals surface area contributed by atoms with Crippen LogP contribution in [0.1, 0.15) is 51.7 Å². The molecule has 2 aromatic heterocycles. The van der Waals surface area contributed by atoms with Gasteiger partial charge in [0.05, 0.1) is 6.54 Å². The molecule has 1 aromatic carbocycles. The summed E-state index contributed by atoms with van der Waals surface area (Å²) in [6.07, 6.45) is 6.09. The van der Waals surface area contributed by atoms with Crippen LogP contribution in [-0.4, -0.2) is 40.8 Å². The number of furan rings is 1. The van der Waals surface area contributed by atoms with E-state index in [1.165, 1.54) is 32.1 Å². The van der Waals surface area contributed by atoms with Gasteiger partial charge in [0.25, 0.3) is 0 Å². The van der Waals surface area contributed by atoms with Crippen LogP contribution in [0.5, 0.6) is 0 Å². The quantitative estimate of drug-likeness (QED) is 0.345. The number of nitrogens with zero attached hydrogens (tertiary/aromatic N) is 4. The average molecular weight is 539 g/mol. The maximum Gasteiger partial charge on any atom is 0.232 e. The van der Waals surface area contributed by atoms with E-state index in [-0.39, 0.29) is 0 Å². The molecule has 2 saturated heterocycles. The molecule has 196 valence electrons. The molecule has 37 heavy (non-hydrogen) atoms. The van der Waals surface area contributed by atoms with Crippen LogP contribution in [0.2, 0.25) is 5.02 Å². The molecule has 2 aliphatic heterocycles. The Morgan fingerprint density at radius 2 is 1.84 bits per heavy atom. The molecule has 2 atom stereocenters. The molecule has 0 spiro atoms. The first kappa shape index (κ1) is 25.8. The van der Waals surface area contributed by atoms with E-state index in [0.717, 1.165) is 48.4 Å². The van der Waals surface area contributed by atoms with Crippen molar-refractivity contribution in [2.75, 3.05) is 34.8 Å². The summed E-state index contributed by atoms with van der Waals surface area (Å²) in [6, 6.07) is 14.1. The molecule has 0 aliphatic carbocycles. The number of nitrogens with one attached hydrogen (secondary N) is 2. The van der Waals surface area contributed by atoms with Crippen molar-refractivity contribution in [3.8, 4) is 11.3 Å². The largest absolute Gasteiger partial charge is 0.459 e. The highest BCUT2D eigenvalue weighted by Gasteiger charge is 2.24. The minimum Gasteiger partial charge on any atom is -0.459 e. The first-order valence-electron chi connectivity index (χ1n) is 13.2. The minimum absolute atomic E-state index is 0.457. The Kier molecular flexibility index (Phi) is 8.15. The van der Waals surface area contributed by atoms with Gasteiger partial charge in [-0.1, -0.05) is 18.5 Å². The fourth-order valence-electron chi connectivity index (χ4n) is 5.18. The third-order valence-electron chi connectivity index (χ3n) is 7.22. The Morgan fingerprint density at radius 3 is 2.62 bits per heavy atom. The molecule has 4 heterocycles. The smallest absolute Gasteiger partial charge is 0.232 e. The molecule has 7 nitrogen and oxygen atoms in total. The van der Waals surface area contributed by atoms with Gasteiger partial charge in [0.1, 0.15) is 23.2 Å². The number of thiocarbonyl (C=S) groups is 1.